The molecule has 1 heterocycles. The van der Waals surface area contributed by atoms with E-state index in [-0.39, 0.29) is 11.5 Å². The van der Waals surface area contributed by atoms with Gasteiger partial charge in [0.25, 0.3) is 0 Å². The number of para-hydroxylation sites is 1. The normalized spacial score (nSPS) is 11.9. The van der Waals surface area contributed by atoms with Crippen molar-refractivity contribution in [2.75, 3.05) is 0 Å². The van der Waals surface area contributed by atoms with E-state index in [2.05, 4.69) is 0 Å². The zero-order valence-corrected chi connectivity index (χ0v) is 16.3. The van der Waals surface area contributed by atoms with Gasteiger partial charge in [-0.15, -0.1) is 0 Å². The van der Waals surface area contributed by atoms with Gasteiger partial charge in [0.05, 0.1) is 0 Å². The molecule has 3 aromatic rings. The quantitative estimate of drug-likeness (QED) is 0.472. The van der Waals surface area contributed by atoms with E-state index in [0.717, 1.165) is 22.1 Å². The van der Waals surface area contributed by atoms with Crippen LogP contribution in [0.2, 0.25) is 0 Å². The first-order valence-corrected chi connectivity index (χ1v) is 8.92. The van der Waals surface area contributed by atoms with Crippen molar-refractivity contribution in [2.24, 2.45) is 0 Å². The van der Waals surface area contributed by atoms with Crippen molar-refractivity contribution in [1.82, 2.24) is 0 Å². The highest BCUT2D eigenvalue weighted by Gasteiger charge is 2.30. The number of rotatable bonds is 6. The molecule has 2 aromatic carbocycles. The standard InChI is InChI=1S/C23H22O5/c1-14-11-16(12-15(2)21(14)28-23(3,4)22(25)26)9-10-18(24)20-13-17-7-5-6-8-19(17)27-20/h5-13H,1-4H3,(H,25,26)/b10-9+. The number of carbonyl (C=O) groups excluding carboxylic acids is 1. The minimum absolute atomic E-state index is 0.223. The van der Waals surface area contributed by atoms with E-state index in [0.29, 0.717) is 11.3 Å². The lowest BCUT2D eigenvalue weighted by Gasteiger charge is -2.24. The summed E-state index contributed by atoms with van der Waals surface area (Å²) < 4.78 is 11.3. The molecule has 0 unspecified atom stereocenters. The molecule has 0 bridgehead atoms. The average molecular weight is 378 g/mol. The number of carbonyl (C=O) groups is 2. The van der Waals surface area contributed by atoms with Gasteiger partial charge < -0.3 is 14.3 Å². The third-order valence-corrected chi connectivity index (χ3v) is 4.45. The molecule has 0 saturated heterocycles. The van der Waals surface area contributed by atoms with E-state index in [9.17, 15) is 14.7 Å². The Labute approximate surface area is 163 Å². The molecule has 0 radical (unpaired) electrons. The molecule has 28 heavy (non-hydrogen) atoms. The molecule has 0 spiro atoms. The second-order valence-corrected chi connectivity index (χ2v) is 7.25. The first-order chi connectivity index (χ1) is 13.2. The van der Waals surface area contributed by atoms with E-state index in [1.54, 1.807) is 12.1 Å². The van der Waals surface area contributed by atoms with Gasteiger partial charge in [-0.05, 0) is 74.7 Å². The number of fused-ring (bicyclic) bond motifs is 1. The predicted octanol–water partition coefficient (Wildman–Crippen LogP) is 5.19. The number of furan rings is 1. The number of carboxylic acids is 1. The number of hydrogen-bond acceptors (Lipinski definition) is 4. The van der Waals surface area contributed by atoms with Crippen molar-refractivity contribution in [3.05, 3.63) is 71.0 Å². The maximum Gasteiger partial charge on any atom is 0.347 e. The molecule has 0 fully saturated rings. The highest BCUT2D eigenvalue weighted by molar-refractivity contribution is 6.07. The van der Waals surface area contributed by atoms with Crippen LogP contribution >= 0.6 is 0 Å². The number of allylic oxidation sites excluding steroid dienone is 1. The van der Waals surface area contributed by atoms with Crippen LogP contribution in [0.4, 0.5) is 0 Å². The molecule has 3 rings (SSSR count). The van der Waals surface area contributed by atoms with Crippen LogP contribution in [-0.2, 0) is 4.79 Å². The molecular formula is C23H22O5. The summed E-state index contributed by atoms with van der Waals surface area (Å²) in [5.74, 6) is -0.437. The van der Waals surface area contributed by atoms with Crippen LogP contribution in [0, 0.1) is 13.8 Å². The van der Waals surface area contributed by atoms with Crippen molar-refractivity contribution in [2.45, 2.75) is 33.3 Å². The highest BCUT2D eigenvalue weighted by Crippen LogP contribution is 2.29. The maximum absolute atomic E-state index is 12.4. The molecule has 1 aromatic heterocycles. The molecule has 1 N–H and O–H groups in total. The summed E-state index contributed by atoms with van der Waals surface area (Å²) in [6.07, 6.45) is 3.18. The lowest BCUT2D eigenvalue weighted by atomic mass is 10.0. The largest absolute Gasteiger partial charge is 0.478 e. The summed E-state index contributed by atoms with van der Waals surface area (Å²) in [4.78, 5) is 23.7. The Kier molecular flexibility index (Phi) is 5.10. The minimum atomic E-state index is -1.33. The summed E-state index contributed by atoms with van der Waals surface area (Å²) >= 11 is 0. The fourth-order valence-electron chi connectivity index (χ4n) is 2.90. The molecule has 5 nitrogen and oxygen atoms in total. The summed E-state index contributed by atoms with van der Waals surface area (Å²) in [5, 5.41) is 10.1. The number of hydrogen-bond donors (Lipinski definition) is 1. The van der Waals surface area contributed by atoms with Crippen LogP contribution in [-0.4, -0.2) is 22.5 Å². The van der Waals surface area contributed by atoms with Crippen LogP contribution in [0.5, 0.6) is 5.75 Å². The Bertz CT molecular complexity index is 1030. The van der Waals surface area contributed by atoms with Gasteiger partial charge in [0.15, 0.2) is 11.4 Å². The number of aliphatic carboxylic acids is 1. The van der Waals surface area contributed by atoms with Crippen molar-refractivity contribution < 1.29 is 23.8 Å². The van der Waals surface area contributed by atoms with Gasteiger partial charge in [-0.1, -0.05) is 24.3 Å². The zero-order chi connectivity index (χ0) is 20.5. The Morgan fingerprint density at radius 1 is 1.07 bits per heavy atom. The van der Waals surface area contributed by atoms with Crippen molar-refractivity contribution in [3.63, 3.8) is 0 Å². The summed E-state index contributed by atoms with van der Waals surface area (Å²) in [6.45, 7) is 6.71. The van der Waals surface area contributed by atoms with E-state index < -0.39 is 11.6 Å². The van der Waals surface area contributed by atoms with Crippen molar-refractivity contribution in [1.29, 1.82) is 0 Å². The molecule has 144 valence electrons. The van der Waals surface area contributed by atoms with Crippen LogP contribution in [0.1, 0.15) is 41.1 Å². The molecule has 0 atom stereocenters. The minimum Gasteiger partial charge on any atom is -0.478 e. The molecule has 0 amide bonds. The smallest absolute Gasteiger partial charge is 0.347 e. The first kappa shape index (κ1) is 19.4. The monoisotopic (exact) mass is 378 g/mol. The topological polar surface area (TPSA) is 76.7 Å². The third-order valence-electron chi connectivity index (χ3n) is 4.45. The van der Waals surface area contributed by atoms with E-state index >= 15 is 0 Å². The zero-order valence-electron chi connectivity index (χ0n) is 16.3. The fourth-order valence-corrected chi connectivity index (χ4v) is 2.90. The number of ether oxygens (including phenoxy) is 1. The molecule has 5 heteroatoms. The summed E-state index contributed by atoms with van der Waals surface area (Å²) in [7, 11) is 0. The Hall–Kier alpha value is -3.34. The molecule has 0 aliphatic heterocycles. The van der Waals surface area contributed by atoms with Gasteiger partial charge in [-0.3, -0.25) is 4.79 Å². The molecule has 0 saturated carbocycles. The van der Waals surface area contributed by atoms with Crippen LogP contribution in [0.3, 0.4) is 0 Å². The Morgan fingerprint density at radius 2 is 1.71 bits per heavy atom. The predicted molar refractivity (Wildman–Crippen MR) is 108 cm³/mol. The van der Waals surface area contributed by atoms with Crippen molar-refractivity contribution >= 4 is 28.8 Å². The second-order valence-electron chi connectivity index (χ2n) is 7.25. The molecular weight excluding hydrogens is 356 g/mol. The first-order valence-electron chi connectivity index (χ1n) is 8.92. The Morgan fingerprint density at radius 3 is 2.32 bits per heavy atom. The van der Waals surface area contributed by atoms with Gasteiger partial charge in [-0.2, -0.15) is 0 Å². The van der Waals surface area contributed by atoms with E-state index in [1.165, 1.54) is 19.9 Å². The molecule has 0 aliphatic rings. The van der Waals surface area contributed by atoms with Gasteiger partial charge in [-0.25, -0.2) is 4.79 Å². The SMILES string of the molecule is Cc1cc(/C=C/C(=O)c2cc3ccccc3o2)cc(C)c1OC(C)(C)C(=O)O. The number of aryl methyl sites for hydroxylation is 2. The summed E-state index contributed by atoms with van der Waals surface area (Å²) in [5.41, 5.74) is 1.76. The van der Waals surface area contributed by atoms with Gasteiger partial charge >= 0.3 is 5.97 Å². The summed E-state index contributed by atoms with van der Waals surface area (Å²) in [6, 6.07) is 12.9. The molecule has 0 aliphatic carbocycles. The lowest BCUT2D eigenvalue weighted by Crippen LogP contribution is -2.38. The van der Waals surface area contributed by atoms with Crippen molar-refractivity contribution in [3.8, 4) is 5.75 Å². The van der Waals surface area contributed by atoms with Gasteiger partial charge in [0, 0.05) is 5.39 Å². The fraction of sp³-hybridized carbons (Fsp3) is 0.217. The van der Waals surface area contributed by atoms with Crippen LogP contribution in [0.15, 0.2) is 53.0 Å². The number of ketones is 1. The van der Waals surface area contributed by atoms with Crippen LogP contribution < -0.4 is 4.74 Å². The van der Waals surface area contributed by atoms with Gasteiger partial charge in [0.2, 0.25) is 5.78 Å². The lowest BCUT2D eigenvalue weighted by molar-refractivity contribution is -0.152. The third kappa shape index (κ3) is 3.98. The number of carboxylic acid groups (broad SMARTS) is 1. The highest BCUT2D eigenvalue weighted by atomic mass is 16.5. The van der Waals surface area contributed by atoms with E-state index in [1.807, 2.05) is 50.2 Å². The number of benzene rings is 2. The Balaban J connectivity index is 1.82. The van der Waals surface area contributed by atoms with E-state index in [4.69, 9.17) is 9.15 Å². The van der Waals surface area contributed by atoms with Crippen LogP contribution in [0.25, 0.3) is 17.0 Å². The van der Waals surface area contributed by atoms with Gasteiger partial charge in [0.1, 0.15) is 11.3 Å². The average Bonchev–Trinajstić information content (AvgIpc) is 3.07. The maximum atomic E-state index is 12.4. The second kappa shape index (κ2) is 7.35.